The Morgan fingerprint density at radius 1 is 0.367 bits per heavy atom. The number of benzene rings is 7. The van der Waals surface area contributed by atoms with E-state index in [0.29, 0.717) is 23.7 Å². The number of aromatic nitrogens is 6. The van der Waals surface area contributed by atoms with Gasteiger partial charge in [0.25, 0.3) is 0 Å². The van der Waals surface area contributed by atoms with E-state index in [1.807, 2.05) is 67.1 Å². The number of pyridine rings is 3. The van der Waals surface area contributed by atoms with E-state index in [-0.39, 0.29) is 40.2 Å². The van der Waals surface area contributed by atoms with Gasteiger partial charge < -0.3 is 23.7 Å². The molecule has 0 saturated heterocycles. The maximum atomic E-state index is 4.54. The summed E-state index contributed by atoms with van der Waals surface area (Å²) in [7, 11) is 0. The molecule has 0 aliphatic carbocycles. The third kappa shape index (κ3) is 11.4. The molecular weight excluding hydrogens is 1320 g/mol. The Bertz CT molecular complexity index is 3980. The van der Waals surface area contributed by atoms with Crippen LogP contribution in [0, 0.1) is 24.0 Å². The van der Waals surface area contributed by atoms with Gasteiger partial charge >= 0.3 is 0 Å². The van der Waals surface area contributed by atoms with Crippen LogP contribution in [0.2, 0.25) is 0 Å². The van der Waals surface area contributed by atoms with Crippen molar-refractivity contribution >= 4 is 65.4 Å². The van der Waals surface area contributed by atoms with Gasteiger partial charge in [0.2, 0.25) is 0 Å². The summed E-state index contributed by atoms with van der Waals surface area (Å²) in [6.45, 7) is 20.2. The summed E-state index contributed by atoms with van der Waals surface area (Å²) < 4.78 is 7.31. The Labute approximate surface area is 492 Å². The summed E-state index contributed by atoms with van der Waals surface area (Å²) >= 11 is 0. The zero-order valence-corrected chi connectivity index (χ0v) is 51.0. The molecule has 8 heteroatoms. The number of hydrogen-bond donors (Lipinski definition) is 0. The van der Waals surface area contributed by atoms with Crippen molar-refractivity contribution in [1.29, 1.82) is 0 Å². The second kappa shape index (κ2) is 24.8. The Kier molecular flexibility index (Phi) is 17.7. The number of fused-ring (bicyclic) bond motifs is 9. The van der Waals surface area contributed by atoms with Crippen LogP contribution in [0.4, 0.5) is 0 Å². The smallest absolute Gasteiger partial charge is 0.0702 e. The number of nitrogens with zero attached hydrogens (tertiary/aromatic N) is 6. The van der Waals surface area contributed by atoms with Gasteiger partial charge in [-0.05, 0) is 123 Å². The van der Waals surface area contributed by atoms with E-state index in [0.717, 1.165) is 41.3 Å². The van der Waals surface area contributed by atoms with Crippen molar-refractivity contribution in [2.24, 2.45) is 11.8 Å². The van der Waals surface area contributed by atoms with E-state index in [1.165, 1.54) is 87.8 Å². The second-order valence-electron chi connectivity index (χ2n) is 21.7. The number of rotatable bonds is 10. The first-order valence-corrected chi connectivity index (χ1v) is 27.3. The van der Waals surface area contributed by atoms with Gasteiger partial charge in [-0.25, -0.2) is 0 Å². The largest absolute Gasteiger partial charge is 0.380 e. The fourth-order valence-electron chi connectivity index (χ4n) is 11.1. The normalized spacial score (nSPS) is 11.4. The van der Waals surface area contributed by atoms with Crippen LogP contribution in [-0.2, 0) is 53.3 Å². The zero-order valence-electron chi connectivity index (χ0n) is 46.2. The molecule has 0 bridgehead atoms. The van der Waals surface area contributed by atoms with Crippen LogP contribution in [-0.4, -0.2) is 28.7 Å². The Hall–Kier alpha value is -7.31. The molecular formula is C71H66Ir2N6-2. The van der Waals surface area contributed by atoms with Gasteiger partial charge in [0.1, 0.15) is 0 Å². The van der Waals surface area contributed by atoms with Crippen LogP contribution in [0.3, 0.4) is 0 Å². The molecule has 6 aromatic heterocycles. The molecule has 0 amide bonds. The minimum Gasteiger partial charge on any atom is -0.380 e. The quantitative estimate of drug-likeness (QED) is 0.128. The molecule has 0 fully saturated rings. The van der Waals surface area contributed by atoms with Crippen molar-refractivity contribution in [3.8, 4) is 39.5 Å². The molecule has 0 unspecified atom stereocenters. The van der Waals surface area contributed by atoms with Crippen LogP contribution in [0.1, 0.15) is 78.4 Å². The molecule has 13 rings (SSSR count). The maximum Gasteiger partial charge on any atom is 0.0702 e. The first kappa shape index (κ1) is 56.4. The molecule has 0 aliphatic rings. The summed E-state index contributed by atoms with van der Waals surface area (Å²) in [5.41, 5.74) is 17.8. The van der Waals surface area contributed by atoms with Gasteiger partial charge in [-0.1, -0.05) is 175 Å². The monoisotopic (exact) mass is 1390 g/mol. The van der Waals surface area contributed by atoms with E-state index in [1.54, 1.807) is 0 Å². The molecule has 7 aromatic carbocycles. The average Bonchev–Trinajstić information content (AvgIpc) is 4.32. The van der Waals surface area contributed by atoms with E-state index in [9.17, 15) is 0 Å². The number of para-hydroxylation sites is 4. The standard InChI is InChI=1S/C29H27N2.C21H20N2.C21H19N2.2Ir/c1-19(2)22-11-9-12-23(20(3)4)29(22)31-27-14-6-5-10-24(27)25-18-21(15-16-28(25)31)26-13-7-8-17-30-26;2*1-15(2)14-23-20-9-4-3-7-17(20)18-13-16(10-11-21(18)23)19-8-5-6-12-22-19;;/h5-14,16-20H,1-4H3;3-13,15H,14H2,1-2H3;3-9,11-13,15H,14H2,1-2H3;;/q-1;;-1;;. The maximum absolute atomic E-state index is 4.54. The minimum absolute atomic E-state index is 0. The van der Waals surface area contributed by atoms with Gasteiger partial charge in [-0.3, -0.25) is 4.98 Å². The summed E-state index contributed by atoms with van der Waals surface area (Å²) in [5, 5.41) is 7.71. The molecule has 0 saturated carbocycles. The van der Waals surface area contributed by atoms with Crippen molar-refractivity contribution in [2.75, 3.05) is 0 Å². The molecule has 0 atom stereocenters. The molecule has 400 valence electrons. The molecule has 13 aromatic rings. The molecule has 0 N–H and O–H groups in total. The average molecular weight is 1390 g/mol. The summed E-state index contributed by atoms with van der Waals surface area (Å²) in [4.78, 5) is 13.5. The van der Waals surface area contributed by atoms with Gasteiger partial charge in [-0.15, -0.1) is 47.5 Å². The fourth-order valence-corrected chi connectivity index (χ4v) is 11.1. The van der Waals surface area contributed by atoms with Gasteiger partial charge in [0, 0.05) is 116 Å². The molecule has 79 heavy (non-hydrogen) atoms. The van der Waals surface area contributed by atoms with Crippen molar-refractivity contribution in [3.05, 3.63) is 230 Å². The fraction of sp³-hybridized carbons (Fsp3) is 0.197. The van der Waals surface area contributed by atoms with E-state index >= 15 is 0 Å². The third-order valence-electron chi connectivity index (χ3n) is 14.6. The van der Waals surface area contributed by atoms with Crippen molar-refractivity contribution < 1.29 is 40.2 Å². The molecule has 0 spiro atoms. The SMILES string of the molecule is CC(C)Cn1c2c[c-]c(-c3ccccn3)cc2c2ccccc21.CC(C)Cn1c2ccccc2c2cc(-c3ccccn3)ccc21.CC(C)c1cccc(C(C)C)c1-n1c2c[c-]c(-c3ccccn3)cc2c2ccccc21.[Ir].[Ir]. The van der Waals surface area contributed by atoms with Crippen molar-refractivity contribution in [3.63, 3.8) is 0 Å². The second-order valence-corrected chi connectivity index (χ2v) is 21.7. The number of hydrogen-bond acceptors (Lipinski definition) is 3. The van der Waals surface area contributed by atoms with Crippen molar-refractivity contribution in [2.45, 2.75) is 80.3 Å². The minimum atomic E-state index is 0. The Balaban J connectivity index is 0.000000144. The third-order valence-corrected chi connectivity index (χ3v) is 14.6. The van der Waals surface area contributed by atoms with Crippen LogP contribution in [0.5, 0.6) is 0 Å². The molecule has 6 nitrogen and oxygen atoms in total. The van der Waals surface area contributed by atoms with Crippen LogP contribution in [0.25, 0.3) is 105 Å². The predicted molar refractivity (Wildman–Crippen MR) is 325 cm³/mol. The topological polar surface area (TPSA) is 53.5 Å². The zero-order chi connectivity index (χ0) is 53.2. The van der Waals surface area contributed by atoms with E-state index in [4.69, 9.17) is 0 Å². The van der Waals surface area contributed by atoms with Crippen molar-refractivity contribution in [1.82, 2.24) is 28.7 Å². The van der Waals surface area contributed by atoms with Gasteiger partial charge in [-0.2, -0.15) is 0 Å². The van der Waals surface area contributed by atoms with Crippen LogP contribution < -0.4 is 0 Å². The summed E-state index contributed by atoms with van der Waals surface area (Å²) in [6.07, 6.45) is 5.52. The Morgan fingerprint density at radius 3 is 1.25 bits per heavy atom. The van der Waals surface area contributed by atoms with Gasteiger partial charge in [0.15, 0.2) is 0 Å². The summed E-state index contributed by atoms with van der Waals surface area (Å²) in [6, 6.07) is 73.2. The van der Waals surface area contributed by atoms with Gasteiger partial charge in [0.05, 0.1) is 5.69 Å². The predicted octanol–water partition coefficient (Wildman–Crippen LogP) is 18.7. The van der Waals surface area contributed by atoms with E-state index < -0.39 is 0 Å². The first-order valence-electron chi connectivity index (χ1n) is 27.3. The molecule has 0 aliphatic heterocycles. The molecule has 2 radical (unpaired) electrons. The van der Waals surface area contributed by atoms with Crippen LogP contribution >= 0.6 is 0 Å². The molecule has 6 heterocycles. The van der Waals surface area contributed by atoms with Crippen LogP contribution in [0.15, 0.2) is 207 Å². The first-order chi connectivity index (χ1) is 37.5. The van der Waals surface area contributed by atoms with E-state index in [2.05, 4.69) is 236 Å². The Morgan fingerprint density at radius 2 is 0.772 bits per heavy atom. The summed E-state index contributed by atoms with van der Waals surface area (Å²) in [5.74, 6) is 2.08.